The molecule has 32 heavy (non-hydrogen) atoms. The number of carbonyl (C=O) groups excluding carboxylic acids is 1. The van der Waals surface area contributed by atoms with Crippen molar-refractivity contribution in [2.45, 2.75) is 4.90 Å². The molecule has 0 atom stereocenters. The predicted octanol–water partition coefficient (Wildman–Crippen LogP) is 4.54. The largest absolute Gasteiger partial charge is 0.378 e. The number of halogens is 2. The van der Waals surface area contributed by atoms with Crippen molar-refractivity contribution in [2.24, 2.45) is 5.10 Å². The van der Waals surface area contributed by atoms with Crippen LogP contribution >= 0.6 is 27.5 Å². The fraction of sp³-hybridized carbons (Fsp3) is 0. The molecule has 1 N–H and O–H groups in total. The van der Waals surface area contributed by atoms with Gasteiger partial charge >= 0.3 is 10.1 Å². The number of nitrogens with one attached hydrogen (secondary N) is 1. The summed E-state index contributed by atoms with van der Waals surface area (Å²) < 4.78 is 30.3. The Morgan fingerprint density at radius 2 is 1.84 bits per heavy atom. The van der Waals surface area contributed by atoms with E-state index in [1.165, 1.54) is 30.5 Å². The van der Waals surface area contributed by atoms with E-state index in [9.17, 15) is 23.3 Å². The number of hydrogen-bond donors (Lipinski definition) is 1. The quantitative estimate of drug-likeness (QED) is 0.203. The first-order chi connectivity index (χ1) is 15.2. The molecule has 0 fully saturated rings. The number of amides is 1. The lowest BCUT2D eigenvalue weighted by atomic mass is 10.2. The first-order valence-corrected chi connectivity index (χ1v) is 11.3. The number of hydrazone groups is 1. The molecule has 3 aromatic carbocycles. The molecule has 0 saturated carbocycles. The van der Waals surface area contributed by atoms with Gasteiger partial charge in [0.25, 0.3) is 11.6 Å². The summed E-state index contributed by atoms with van der Waals surface area (Å²) in [5, 5.41) is 15.0. The fourth-order valence-corrected chi connectivity index (χ4v) is 4.15. The molecule has 0 aliphatic heterocycles. The molecule has 0 aromatic heterocycles. The van der Waals surface area contributed by atoms with Gasteiger partial charge < -0.3 is 4.18 Å². The minimum Gasteiger partial charge on any atom is -0.378 e. The average Bonchev–Trinajstić information content (AvgIpc) is 2.75. The van der Waals surface area contributed by atoms with Gasteiger partial charge in [-0.3, -0.25) is 14.9 Å². The molecule has 0 heterocycles. The van der Waals surface area contributed by atoms with Gasteiger partial charge in [-0.2, -0.15) is 13.5 Å². The number of hydrogen-bond acceptors (Lipinski definition) is 7. The van der Waals surface area contributed by atoms with E-state index in [1.807, 2.05) is 0 Å². The van der Waals surface area contributed by atoms with Crippen LogP contribution in [0, 0.1) is 10.1 Å². The summed E-state index contributed by atoms with van der Waals surface area (Å²) in [4.78, 5) is 21.9. The molecule has 0 aliphatic carbocycles. The summed E-state index contributed by atoms with van der Waals surface area (Å²) in [5.74, 6) is -0.444. The molecule has 0 spiro atoms. The van der Waals surface area contributed by atoms with E-state index < -0.39 is 20.9 Å². The highest BCUT2D eigenvalue weighted by atomic mass is 79.9. The third-order valence-corrected chi connectivity index (χ3v) is 6.06. The number of nitro groups is 1. The molecule has 0 bridgehead atoms. The normalized spacial score (nSPS) is 11.3. The lowest BCUT2D eigenvalue weighted by Gasteiger charge is -2.09. The fourth-order valence-electron chi connectivity index (χ4n) is 2.43. The van der Waals surface area contributed by atoms with Crippen molar-refractivity contribution < 1.29 is 22.3 Å². The molecule has 164 valence electrons. The second-order valence-electron chi connectivity index (χ2n) is 6.19. The van der Waals surface area contributed by atoms with Gasteiger partial charge in [-0.25, -0.2) is 5.43 Å². The molecule has 3 rings (SSSR count). The van der Waals surface area contributed by atoms with Gasteiger partial charge in [0.15, 0.2) is 5.75 Å². The molecule has 12 heteroatoms. The molecular weight excluding hydrogens is 526 g/mol. The zero-order valence-electron chi connectivity index (χ0n) is 15.9. The van der Waals surface area contributed by atoms with Crippen molar-refractivity contribution in [3.8, 4) is 5.75 Å². The van der Waals surface area contributed by atoms with Crippen molar-refractivity contribution in [1.82, 2.24) is 5.43 Å². The second kappa shape index (κ2) is 9.90. The van der Waals surface area contributed by atoms with E-state index in [-0.39, 0.29) is 16.3 Å². The summed E-state index contributed by atoms with van der Waals surface area (Å²) >= 11 is 9.08. The van der Waals surface area contributed by atoms with E-state index in [0.717, 1.165) is 24.3 Å². The third kappa shape index (κ3) is 5.90. The van der Waals surface area contributed by atoms with Gasteiger partial charge in [0, 0.05) is 22.7 Å². The van der Waals surface area contributed by atoms with Gasteiger partial charge in [-0.15, -0.1) is 0 Å². The Kier molecular flexibility index (Phi) is 7.23. The standard InChI is InChI=1S/C20H13BrClN3O6S/c21-18-10-13(12-23-24-20(26)14-2-1-3-15(22)11-14)4-9-19(18)31-32(29,30)17-7-5-16(6-8-17)25(27)28/h1-12H,(H,24,26)/b23-12-. The van der Waals surface area contributed by atoms with Crippen molar-refractivity contribution in [2.75, 3.05) is 0 Å². The molecule has 3 aromatic rings. The molecule has 1 amide bonds. The van der Waals surface area contributed by atoms with E-state index in [2.05, 4.69) is 26.5 Å². The number of rotatable bonds is 7. The van der Waals surface area contributed by atoms with Gasteiger partial charge in [0.2, 0.25) is 0 Å². The van der Waals surface area contributed by atoms with Gasteiger partial charge in [-0.05, 0) is 70.0 Å². The molecule has 0 radical (unpaired) electrons. The summed E-state index contributed by atoms with van der Waals surface area (Å²) in [6, 6.07) is 15.2. The van der Waals surface area contributed by atoms with Crippen molar-refractivity contribution in [1.29, 1.82) is 0 Å². The summed E-state index contributed by atoms with van der Waals surface area (Å²) in [7, 11) is -4.21. The van der Waals surface area contributed by atoms with Crippen molar-refractivity contribution in [3.63, 3.8) is 0 Å². The molecule has 0 unspecified atom stereocenters. The Morgan fingerprint density at radius 1 is 1.12 bits per heavy atom. The number of carbonyl (C=O) groups is 1. The highest BCUT2D eigenvalue weighted by Crippen LogP contribution is 2.29. The number of non-ortho nitro benzene ring substituents is 1. The maximum absolute atomic E-state index is 12.4. The van der Waals surface area contributed by atoms with Crippen molar-refractivity contribution >= 4 is 55.5 Å². The number of benzene rings is 3. The molecule has 9 nitrogen and oxygen atoms in total. The maximum Gasteiger partial charge on any atom is 0.339 e. The van der Waals surface area contributed by atoms with Crippen LogP contribution in [0.4, 0.5) is 5.69 Å². The molecule has 0 aliphatic rings. The summed E-state index contributed by atoms with van der Waals surface area (Å²) in [6.45, 7) is 0. The van der Waals surface area contributed by atoms with Crippen LogP contribution in [0.2, 0.25) is 5.02 Å². The lowest BCUT2D eigenvalue weighted by Crippen LogP contribution is -2.17. The zero-order chi connectivity index (χ0) is 23.3. The van der Waals surface area contributed by atoms with Crippen LogP contribution in [0.5, 0.6) is 5.75 Å². The Hall–Kier alpha value is -3.28. The lowest BCUT2D eigenvalue weighted by molar-refractivity contribution is -0.384. The predicted molar refractivity (Wildman–Crippen MR) is 122 cm³/mol. The summed E-state index contributed by atoms with van der Waals surface area (Å²) in [6.07, 6.45) is 1.36. The minimum atomic E-state index is -4.21. The molecular formula is C20H13BrClN3O6S. The summed E-state index contributed by atoms with van der Waals surface area (Å²) in [5.41, 5.74) is 3.01. The van der Waals surface area contributed by atoms with Crippen LogP contribution in [-0.4, -0.2) is 25.5 Å². The number of nitrogens with zero attached hydrogens (tertiary/aromatic N) is 2. The van der Waals surface area contributed by atoms with Crippen LogP contribution in [-0.2, 0) is 10.1 Å². The van der Waals surface area contributed by atoms with Crippen LogP contribution in [0.15, 0.2) is 81.2 Å². The van der Waals surface area contributed by atoms with Crippen LogP contribution in [0.25, 0.3) is 0 Å². The van der Waals surface area contributed by atoms with Gasteiger partial charge in [0.1, 0.15) is 4.90 Å². The molecule has 0 saturated heterocycles. The van der Waals surface area contributed by atoms with Gasteiger partial charge in [0.05, 0.1) is 15.6 Å². The van der Waals surface area contributed by atoms with Crippen molar-refractivity contribution in [3.05, 3.63) is 97.5 Å². The average molecular weight is 539 g/mol. The van der Waals surface area contributed by atoms with Crippen LogP contribution < -0.4 is 9.61 Å². The minimum absolute atomic E-state index is 0.00321. The second-order valence-corrected chi connectivity index (χ2v) is 9.02. The Bertz CT molecular complexity index is 1310. The van der Waals surface area contributed by atoms with E-state index in [0.29, 0.717) is 20.6 Å². The SMILES string of the molecule is O=C(N/N=C\c1ccc(OS(=O)(=O)c2ccc([N+](=O)[O-])cc2)c(Br)c1)c1cccc(Cl)c1. The third-order valence-electron chi connectivity index (χ3n) is 3.96. The Balaban J connectivity index is 1.68. The first-order valence-electron chi connectivity index (χ1n) is 8.73. The zero-order valence-corrected chi connectivity index (χ0v) is 19.1. The van der Waals surface area contributed by atoms with E-state index in [4.69, 9.17) is 15.8 Å². The van der Waals surface area contributed by atoms with Gasteiger partial charge in [-0.1, -0.05) is 17.7 Å². The number of nitro benzene ring substituents is 1. The topological polar surface area (TPSA) is 128 Å². The highest BCUT2D eigenvalue weighted by Gasteiger charge is 2.19. The van der Waals surface area contributed by atoms with Crippen LogP contribution in [0.3, 0.4) is 0 Å². The maximum atomic E-state index is 12.4. The first kappa shape index (κ1) is 23.4. The van der Waals surface area contributed by atoms with E-state index >= 15 is 0 Å². The van der Waals surface area contributed by atoms with Crippen LogP contribution in [0.1, 0.15) is 15.9 Å². The Labute approximate surface area is 196 Å². The highest BCUT2D eigenvalue weighted by molar-refractivity contribution is 9.10. The smallest absolute Gasteiger partial charge is 0.339 e. The van der Waals surface area contributed by atoms with E-state index in [1.54, 1.807) is 18.2 Å². The monoisotopic (exact) mass is 537 g/mol. The Morgan fingerprint density at radius 3 is 2.47 bits per heavy atom.